The van der Waals surface area contributed by atoms with Gasteiger partial charge in [-0.1, -0.05) is 45.3 Å². The zero-order chi connectivity index (χ0) is 20.3. The van der Waals surface area contributed by atoms with E-state index in [2.05, 4.69) is 30.4 Å². The predicted octanol–water partition coefficient (Wildman–Crippen LogP) is 3.61. The van der Waals surface area contributed by atoms with E-state index >= 15 is 0 Å². The lowest BCUT2D eigenvalue weighted by Gasteiger charge is -2.12. The predicted molar refractivity (Wildman–Crippen MR) is 113 cm³/mol. The van der Waals surface area contributed by atoms with Crippen LogP contribution in [0.2, 0.25) is 0 Å². The van der Waals surface area contributed by atoms with Crippen LogP contribution < -0.4 is 10.6 Å². The minimum absolute atomic E-state index is 0.118. The lowest BCUT2D eigenvalue weighted by Crippen LogP contribution is -2.15. The molecule has 2 amide bonds. The van der Waals surface area contributed by atoms with Crippen LogP contribution in [0.4, 0.5) is 10.8 Å². The maximum atomic E-state index is 12.3. The summed E-state index contributed by atoms with van der Waals surface area (Å²) in [6.45, 7) is 7.70. The monoisotopic (exact) mass is 434 g/mol. The van der Waals surface area contributed by atoms with Crippen molar-refractivity contribution in [2.24, 2.45) is 0 Å². The molecule has 2 heterocycles. The first kappa shape index (κ1) is 20.4. The molecule has 0 aliphatic rings. The van der Waals surface area contributed by atoms with Crippen molar-refractivity contribution in [2.75, 3.05) is 16.4 Å². The lowest BCUT2D eigenvalue weighted by atomic mass is 10.1. The summed E-state index contributed by atoms with van der Waals surface area (Å²) >= 11 is 3.51. The van der Waals surface area contributed by atoms with Crippen LogP contribution in [-0.4, -0.2) is 37.4 Å². The number of carbonyl (C=O) groups excluding carboxylic acids is 2. The first-order valence-electron chi connectivity index (χ1n) is 8.28. The smallest absolute Gasteiger partial charge is 0.271 e. The van der Waals surface area contributed by atoms with E-state index in [0.29, 0.717) is 20.0 Å². The second-order valence-corrected chi connectivity index (χ2v) is 9.08. The van der Waals surface area contributed by atoms with E-state index in [1.807, 2.05) is 32.9 Å². The third-order valence-electron chi connectivity index (χ3n) is 3.75. The molecule has 3 rings (SSSR count). The number of hydrogen-bond donors (Lipinski definition) is 2. The highest BCUT2D eigenvalue weighted by atomic mass is 32.2. The molecule has 11 heteroatoms. The number of rotatable bonds is 6. The fourth-order valence-corrected chi connectivity index (χ4v) is 4.69. The van der Waals surface area contributed by atoms with Crippen molar-refractivity contribution in [2.45, 2.75) is 32.0 Å². The molecule has 146 valence electrons. The fraction of sp³-hybridized carbons (Fsp3) is 0.294. The Hall–Kier alpha value is -2.37. The van der Waals surface area contributed by atoms with Crippen LogP contribution in [0.1, 0.15) is 32.1 Å². The standard InChI is InChI=1S/C17H18N6O2S3/c1-8-5-9(2)13(10(3)6-8)18-12(24)7-26-17-22-21-16(27-17)19-15(25)14-11(4)20-23-28-14/h5-6H,7H2,1-4H3,(H,18,24)(H,19,21,25). The summed E-state index contributed by atoms with van der Waals surface area (Å²) in [6, 6.07) is 4.08. The van der Waals surface area contributed by atoms with Crippen molar-refractivity contribution in [1.82, 2.24) is 19.8 Å². The van der Waals surface area contributed by atoms with Gasteiger partial charge in [0.25, 0.3) is 5.91 Å². The van der Waals surface area contributed by atoms with Crippen LogP contribution in [0.5, 0.6) is 0 Å². The van der Waals surface area contributed by atoms with Gasteiger partial charge in [-0.2, -0.15) is 0 Å². The van der Waals surface area contributed by atoms with Crippen LogP contribution in [0, 0.1) is 27.7 Å². The Kier molecular flexibility index (Phi) is 6.37. The number of amides is 2. The summed E-state index contributed by atoms with van der Waals surface area (Å²) in [6.07, 6.45) is 0. The Balaban J connectivity index is 1.55. The number of carbonyl (C=O) groups is 2. The van der Waals surface area contributed by atoms with Crippen LogP contribution in [0.15, 0.2) is 16.5 Å². The quantitative estimate of drug-likeness (QED) is 0.450. The molecule has 0 saturated heterocycles. The summed E-state index contributed by atoms with van der Waals surface area (Å²) in [7, 11) is 0. The molecule has 0 bridgehead atoms. The van der Waals surface area contributed by atoms with Crippen molar-refractivity contribution in [3.8, 4) is 0 Å². The number of benzene rings is 1. The highest BCUT2D eigenvalue weighted by Crippen LogP contribution is 2.27. The second kappa shape index (κ2) is 8.76. The molecular weight excluding hydrogens is 416 g/mol. The number of nitrogens with zero attached hydrogens (tertiary/aromatic N) is 4. The zero-order valence-electron chi connectivity index (χ0n) is 15.7. The van der Waals surface area contributed by atoms with Gasteiger partial charge >= 0.3 is 0 Å². The molecule has 2 N–H and O–H groups in total. The third-order valence-corrected chi connectivity index (χ3v) is 6.55. The van der Waals surface area contributed by atoms with Gasteiger partial charge in [0.15, 0.2) is 4.34 Å². The molecule has 28 heavy (non-hydrogen) atoms. The highest BCUT2D eigenvalue weighted by Gasteiger charge is 2.16. The molecule has 3 aromatic rings. The summed E-state index contributed by atoms with van der Waals surface area (Å²) in [5.74, 6) is -0.233. The molecule has 1 aromatic carbocycles. The first-order chi connectivity index (χ1) is 13.3. The number of thioether (sulfide) groups is 1. The normalized spacial score (nSPS) is 10.7. The molecule has 0 radical (unpaired) electrons. The molecule has 0 aliphatic heterocycles. The zero-order valence-corrected chi connectivity index (χ0v) is 18.1. The highest BCUT2D eigenvalue weighted by molar-refractivity contribution is 8.01. The van der Waals surface area contributed by atoms with Gasteiger partial charge < -0.3 is 5.32 Å². The minimum atomic E-state index is -0.316. The molecule has 0 unspecified atom stereocenters. The maximum Gasteiger partial charge on any atom is 0.271 e. The van der Waals surface area contributed by atoms with Crippen molar-refractivity contribution in [3.05, 3.63) is 39.4 Å². The lowest BCUT2D eigenvalue weighted by molar-refractivity contribution is -0.113. The number of aromatic nitrogens is 4. The van der Waals surface area contributed by atoms with Crippen LogP contribution in [0.25, 0.3) is 0 Å². The Morgan fingerprint density at radius 1 is 1.04 bits per heavy atom. The minimum Gasteiger partial charge on any atom is -0.325 e. The van der Waals surface area contributed by atoms with Gasteiger partial charge in [-0.05, 0) is 50.4 Å². The van der Waals surface area contributed by atoms with E-state index in [1.54, 1.807) is 6.92 Å². The van der Waals surface area contributed by atoms with Gasteiger partial charge in [0.1, 0.15) is 4.88 Å². The Morgan fingerprint density at radius 2 is 1.75 bits per heavy atom. The van der Waals surface area contributed by atoms with Crippen molar-refractivity contribution >= 4 is 57.3 Å². The van der Waals surface area contributed by atoms with Gasteiger partial charge in [-0.25, -0.2) is 0 Å². The van der Waals surface area contributed by atoms with Gasteiger partial charge in [-0.3, -0.25) is 14.9 Å². The van der Waals surface area contributed by atoms with Crippen molar-refractivity contribution in [1.29, 1.82) is 0 Å². The van der Waals surface area contributed by atoms with Gasteiger partial charge in [0.05, 0.1) is 11.4 Å². The van der Waals surface area contributed by atoms with Crippen LogP contribution in [0.3, 0.4) is 0 Å². The van der Waals surface area contributed by atoms with Gasteiger partial charge in [0.2, 0.25) is 11.0 Å². The Morgan fingerprint density at radius 3 is 2.39 bits per heavy atom. The largest absolute Gasteiger partial charge is 0.325 e. The average Bonchev–Trinajstić information content (AvgIpc) is 3.25. The topological polar surface area (TPSA) is 110 Å². The molecule has 0 atom stereocenters. The van der Waals surface area contributed by atoms with Crippen molar-refractivity contribution < 1.29 is 9.59 Å². The number of nitrogens with one attached hydrogen (secondary N) is 2. The molecule has 0 aliphatic carbocycles. The molecule has 0 spiro atoms. The Bertz CT molecular complexity index is 1010. The maximum absolute atomic E-state index is 12.3. The van der Waals surface area contributed by atoms with E-state index in [1.165, 1.54) is 23.1 Å². The molecule has 8 nitrogen and oxygen atoms in total. The Labute approximate surface area is 174 Å². The molecule has 2 aromatic heterocycles. The van der Waals surface area contributed by atoms with E-state index < -0.39 is 0 Å². The summed E-state index contributed by atoms with van der Waals surface area (Å²) in [5.41, 5.74) is 4.64. The average molecular weight is 435 g/mol. The number of aryl methyl sites for hydroxylation is 4. The third kappa shape index (κ3) is 4.91. The number of anilines is 2. The SMILES string of the molecule is Cc1cc(C)c(NC(=O)CSc2nnc(NC(=O)c3snnc3C)s2)c(C)c1. The fourth-order valence-electron chi connectivity index (χ4n) is 2.59. The van der Waals surface area contributed by atoms with Crippen LogP contribution >= 0.6 is 34.6 Å². The van der Waals surface area contributed by atoms with Crippen LogP contribution in [-0.2, 0) is 4.79 Å². The van der Waals surface area contributed by atoms with Gasteiger partial charge in [-0.15, -0.1) is 15.3 Å². The molecule has 0 saturated carbocycles. The van der Waals surface area contributed by atoms with Gasteiger partial charge in [0, 0.05) is 5.69 Å². The first-order valence-corrected chi connectivity index (χ1v) is 10.9. The van der Waals surface area contributed by atoms with E-state index in [4.69, 9.17) is 0 Å². The van der Waals surface area contributed by atoms with E-state index in [-0.39, 0.29) is 17.6 Å². The summed E-state index contributed by atoms with van der Waals surface area (Å²) in [4.78, 5) is 24.9. The molecular formula is C17H18N6O2S3. The second-order valence-electron chi connectivity index (χ2n) is 6.13. The van der Waals surface area contributed by atoms with E-state index in [0.717, 1.165) is 33.9 Å². The summed E-state index contributed by atoms with van der Waals surface area (Å²) in [5, 5.41) is 17.8. The van der Waals surface area contributed by atoms with E-state index in [9.17, 15) is 9.59 Å². The van der Waals surface area contributed by atoms with Crippen molar-refractivity contribution in [3.63, 3.8) is 0 Å². The summed E-state index contributed by atoms with van der Waals surface area (Å²) < 4.78 is 4.34. The molecule has 0 fully saturated rings. The number of hydrogen-bond acceptors (Lipinski definition) is 9.